The lowest BCUT2D eigenvalue weighted by Crippen LogP contribution is -2.14. The van der Waals surface area contributed by atoms with Gasteiger partial charge < -0.3 is 5.73 Å². The Morgan fingerprint density at radius 1 is 1.41 bits per heavy atom. The van der Waals surface area contributed by atoms with Gasteiger partial charge in [-0.2, -0.15) is 0 Å². The van der Waals surface area contributed by atoms with Gasteiger partial charge >= 0.3 is 0 Å². The zero-order valence-electron chi connectivity index (χ0n) is 9.90. The summed E-state index contributed by atoms with van der Waals surface area (Å²) in [6, 6.07) is 3.91. The van der Waals surface area contributed by atoms with Crippen LogP contribution in [-0.4, -0.2) is 4.98 Å². The number of aryl methyl sites for hydroxylation is 2. The van der Waals surface area contributed by atoms with Crippen LogP contribution in [0, 0.1) is 13.8 Å². The van der Waals surface area contributed by atoms with Crippen LogP contribution in [0.25, 0.3) is 0 Å². The predicted molar refractivity (Wildman–Crippen MR) is 73.7 cm³/mol. The highest BCUT2D eigenvalue weighted by molar-refractivity contribution is 7.10. The molecule has 0 amide bonds. The minimum absolute atomic E-state index is 0.0743. The average Bonchev–Trinajstić information content (AvgIpc) is 2.63. The fourth-order valence-corrected chi connectivity index (χ4v) is 3.07. The highest BCUT2D eigenvalue weighted by Crippen LogP contribution is 2.32. The molecule has 4 heteroatoms. The zero-order chi connectivity index (χ0) is 12.4. The van der Waals surface area contributed by atoms with Crippen LogP contribution in [0.1, 0.15) is 27.7 Å². The highest BCUT2D eigenvalue weighted by atomic mass is 35.5. The molecule has 0 fully saturated rings. The molecule has 0 aliphatic rings. The van der Waals surface area contributed by atoms with Crippen molar-refractivity contribution in [1.29, 1.82) is 0 Å². The van der Waals surface area contributed by atoms with Crippen LogP contribution in [0.15, 0.2) is 23.7 Å². The van der Waals surface area contributed by atoms with Crippen LogP contribution in [0.2, 0.25) is 5.02 Å². The molecule has 0 saturated carbocycles. The average molecular weight is 267 g/mol. The molecule has 0 bridgehead atoms. The van der Waals surface area contributed by atoms with Gasteiger partial charge in [-0.05, 0) is 36.4 Å². The van der Waals surface area contributed by atoms with Crippen molar-refractivity contribution in [1.82, 2.24) is 4.98 Å². The molecule has 90 valence electrons. The molecule has 2 aromatic rings. The van der Waals surface area contributed by atoms with E-state index in [0.717, 1.165) is 27.6 Å². The maximum atomic E-state index is 6.22. The third-order valence-corrected chi connectivity index (χ3v) is 4.64. The third-order valence-electron chi connectivity index (χ3n) is 2.79. The van der Waals surface area contributed by atoms with E-state index in [1.165, 1.54) is 5.56 Å². The van der Waals surface area contributed by atoms with Crippen LogP contribution in [-0.2, 0) is 6.42 Å². The Morgan fingerprint density at radius 2 is 2.18 bits per heavy atom. The van der Waals surface area contributed by atoms with Gasteiger partial charge in [-0.25, -0.2) is 0 Å². The molecule has 0 radical (unpaired) electrons. The summed E-state index contributed by atoms with van der Waals surface area (Å²) in [6.45, 7) is 4.05. The Hall–Kier alpha value is -0.900. The van der Waals surface area contributed by atoms with Crippen molar-refractivity contribution in [3.63, 3.8) is 0 Å². The van der Waals surface area contributed by atoms with Crippen LogP contribution in [0.3, 0.4) is 0 Å². The number of nitrogens with two attached hydrogens (primary N) is 1. The van der Waals surface area contributed by atoms with Gasteiger partial charge in [-0.15, -0.1) is 11.3 Å². The molecular formula is C13H15ClN2S. The van der Waals surface area contributed by atoms with Crippen molar-refractivity contribution in [3.05, 3.63) is 50.4 Å². The molecule has 0 spiro atoms. The Morgan fingerprint density at radius 3 is 2.76 bits per heavy atom. The van der Waals surface area contributed by atoms with E-state index in [1.54, 1.807) is 17.5 Å². The Kier molecular flexibility index (Phi) is 3.82. The van der Waals surface area contributed by atoms with Gasteiger partial charge in [0.25, 0.3) is 0 Å². The van der Waals surface area contributed by atoms with Gasteiger partial charge in [-0.1, -0.05) is 17.7 Å². The van der Waals surface area contributed by atoms with E-state index in [-0.39, 0.29) is 6.04 Å². The largest absolute Gasteiger partial charge is 0.323 e. The van der Waals surface area contributed by atoms with Gasteiger partial charge in [0, 0.05) is 29.2 Å². The highest BCUT2D eigenvalue weighted by Gasteiger charge is 2.15. The number of thiophene rings is 1. The van der Waals surface area contributed by atoms with Crippen molar-refractivity contribution in [2.24, 2.45) is 5.73 Å². The first-order valence-electron chi connectivity index (χ1n) is 5.49. The van der Waals surface area contributed by atoms with E-state index < -0.39 is 0 Å². The summed E-state index contributed by atoms with van der Waals surface area (Å²) in [6.07, 6.45) is 2.53. The zero-order valence-corrected chi connectivity index (χ0v) is 11.5. The summed E-state index contributed by atoms with van der Waals surface area (Å²) in [5.41, 5.74) is 9.51. The fraction of sp³-hybridized carbons (Fsp3) is 0.308. The molecule has 0 aliphatic heterocycles. The van der Waals surface area contributed by atoms with Crippen molar-refractivity contribution in [2.75, 3.05) is 0 Å². The number of pyridine rings is 1. The van der Waals surface area contributed by atoms with Crippen molar-refractivity contribution < 1.29 is 0 Å². The number of aromatic nitrogens is 1. The summed E-state index contributed by atoms with van der Waals surface area (Å²) < 4.78 is 0. The maximum absolute atomic E-state index is 6.22. The van der Waals surface area contributed by atoms with E-state index in [2.05, 4.69) is 18.0 Å². The van der Waals surface area contributed by atoms with Crippen molar-refractivity contribution in [2.45, 2.75) is 26.3 Å². The fourth-order valence-electron chi connectivity index (χ4n) is 1.73. The second-order valence-corrected chi connectivity index (χ2v) is 5.46. The molecule has 1 atom stereocenters. The molecule has 0 aliphatic carbocycles. The molecule has 2 rings (SSSR count). The van der Waals surface area contributed by atoms with E-state index in [9.17, 15) is 0 Å². The summed E-state index contributed by atoms with van der Waals surface area (Å²) >= 11 is 7.84. The van der Waals surface area contributed by atoms with E-state index in [0.29, 0.717) is 0 Å². The summed E-state index contributed by atoms with van der Waals surface area (Å²) in [5, 5.41) is 2.85. The Bertz CT molecular complexity index is 522. The minimum Gasteiger partial charge on any atom is -0.323 e. The van der Waals surface area contributed by atoms with Crippen LogP contribution >= 0.6 is 22.9 Å². The Labute approximate surface area is 110 Å². The monoisotopic (exact) mass is 266 g/mol. The van der Waals surface area contributed by atoms with Crippen LogP contribution in [0.5, 0.6) is 0 Å². The normalized spacial score (nSPS) is 12.7. The van der Waals surface area contributed by atoms with Crippen molar-refractivity contribution >= 4 is 22.9 Å². The van der Waals surface area contributed by atoms with Crippen LogP contribution < -0.4 is 5.73 Å². The molecule has 2 heterocycles. The first-order chi connectivity index (χ1) is 8.09. The topological polar surface area (TPSA) is 38.9 Å². The lowest BCUT2D eigenvalue weighted by molar-refractivity contribution is 0.715. The van der Waals surface area contributed by atoms with Gasteiger partial charge in [-0.3, -0.25) is 4.98 Å². The second-order valence-electron chi connectivity index (χ2n) is 4.17. The van der Waals surface area contributed by atoms with Gasteiger partial charge in [0.2, 0.25) is 0 Å². The molecule has 0 saturated heterocycles. The minimum atomic E-state index is -0.0743. The SMILES string of the molecule is Cc1cccnc1CC(N)c1scc(C)c1Cl. The summed E-state index contributed by atoms with van der Waals surface area (Å²) in [7, 11) is 0. The molecule has 0 aromatic carbocycles. The van der Waals surface area contributed by atoms with E-state index in [4.69, 9.17) is 17.3 Å². The first kappa shape index (κ1) is 12.6. The lowest BCUT2D eigenvalue weighted by atomic mass is 10.1. The number of hydrogen-bond donors (Lipinski definition) is 1. The Balaban J connectivity index is 2.20. The molecule has 2 nitrogen and oxygen atoms in total. The summed E-state index contributed by atoms with van der Waals surface area (Å²) in [5.74, 6) is 0. The molecule has 17 heavy (non-hydrogen) atoms. The van der Waals surface area contributed by atoms with E-state index >= 15 is 0 Å². The van der Waals surface area contributed by atoms with Gasteiger partial charge in [0.1, 0.15) is 0 Å². The lowest BCUT2D eigenvalue weighted by Gasteiger charge is -2.11. The van der Waals surface area contributed by atoms with Gasteiger partial charge in [0.15, 0.2) is 0 Å². The summed E-state index contributed by atoms with van der Waals surface area (Å²) in [4.78, 5) is 5.41. The number of halogens is 1. The number of hydrogen-bond acceptors (Lipinski definition) is 3. The molecular weight excluding hydrogens is 252 g/mol. The molecule has 2 N–H and O–H groups in total. The number of rotatable bonds is 3. The predicted octanol–water partition coefficient (Wildman–Crippen LogP) is 3.66. The number of nitrogens with zero attached hydrogens (tertiary/aromatic N) is 1. The van der Waals surface area contributed by atoms with Gasteiger partial charge in [0.05, 0.1) is 5.02 Å². The quantitative estimate of drug-likeness (QED) is 0.921. The first-order valence-corrected chi connectivity index (χ1v) is 6.75. The smallest absolute Gasteiger partial charge is 0.0590 e. The third kappa shape index (κ3) is 2.68. The molecule has 2 aromatic heterocycles. The second kappa shape index (κ2) is 5.17. The van der Waals surface area contributed by atoms with Crippen LogP contribution in [0.4, 0.5) is 0 Å². The van der Waals surface area contributed by atoms with Crippen molar-refractivity contribution in [3.8, 4) is 0 Å². The molecule has 1 unspecified atom stereocenters. The maximum Gasteiger partial charge on any atom is 0.0590 e. The van der Waals surface area contributed by atoms with E-state index in [1.807, 2.05) is 18.4 Å². The standard InChI is InChI=1S/C13H15ClN2S/c1-8-4-3-5-16-11(8)6-10(15)13-12(14)9(2)7-17-13/h3-5,7,10H,6,15H2,1-2H3.